The Labute approximate surface area is 256 Å². The Bertz CT molecular complexity index is 1860. The van der Waals surface area contributed by atoms with Crippen molar-refractivity contribution in [1.82, 2.24) is 39.0 Å². The van der Waals surface area contributed by atoms with Gasteiger partial charge in [-0.15, -0.1) is 0 Å². The average molecular weight is 695 g/mol. The number of aromatic nitrogens is 8. The van der Waals surface area contributed by atoms with Crippen molar-refractivity contribution in [3.63, 3.8) is 0 Å². The van der Waals surface area contributed by atoms with E-state index in [0.717, 1.165) is 10.9 Å². The third-order valence-corrected chi connectivity index (χ3v) is 9.31. The second-order valence-corrected chi connectivity index (χ2v) is 15.3. The molecule has 7 N–H and O–H groups in total. The molecule has 0 aliphatic carbocycles. The predicted molar refractivity (Wildman–Crippen MR) is 156 cm³/mol. The zero-order valence-corrected chi connectivity index (χ0v) is 25.7. The number of aromatic amines is 1. The molecule has 4 aromatic rings. The first-order valence-electron chi connectivity index (χ1n) is 12.7. The molecular formula is C20H25FN10O9P2S2. The Morgan fingerprint density at radius 1 is 1.09 bits per heavy atom. The van der Waals surface area contributed by atoms with E-state index in [2.05, 4.69) is 42.2 Å². The first kappa shape index (κ1) is 31.4. The van der Waals surface area contributed by atoms with Crippen LogP contribution in [0.2, 0.25) is 0 Å². The maximum Gasteiger partial charge on any atom is 0.383 e. The summed E-state index contributed by atoms with van der Waals surface area (Å²) in [6, 6.07) is 0. The standard InChI is InChI=1S/C20H25FN10O9P2S2/c21-9-1-8(38-19(9)30-7-28-13-15(22)24-5-26-17(13)30)3-37-42(35,44)40-10-2-12(39-11(10)4-36-41(33,34)43)31-18-14(29-20(31)32)16(23)25-6-27-18/h5-12,19H,1-4H2,(H,29,32)(H,35,44)(H2,22,24,26)(H2,23,25,27)(H2,33,34,43)/t8-,9+,10-,11+,12+,19+,42?/m0/s1. The quantitative estimate of drug-likeness (QED) is 0.0985. The van der Waals surface area contributed by atoms with Gasteiger partial charge in [-0.05, 0) is 11.8 Å². The molecule has 8 atom stereocenters. The lowest BCUT2D eigenvalue weighted by atomic mass is 10.2. The van der Waals surface area contributed by atoms with Crippen molar-refractivity contribution in [2.45, 2.75) is 49.8 Å². The van der Waals surface area contributed by atoms with Gasteiger partial charge < -0.3 is 44.8 Å². The number of nitrogens with zero attached hydrogens (tertiary/aromatic N) is 7. The van der Waals surface area contributed by atoms with Gasteiger partial charge in [0, 0.05) is 12.8 Å². The fourth-order valence-corrected chi connectivity index (χ4v) is 7.03. The topological polar surface area (TPSA) is 263 Å². The Balaban J connectivity index is 1.14. The summed E-state index contributed by atoms with van der Waals surface area (Å²) in [6.45, 7) is -9.17. The number of nitrogens with two attached hydrogens (primary N) is 2. The van der Waals surface area contributed by atoms with Crippen LogP contribution in [-0.2, 0) is 39.4 Å². The number of hydrogen-bond acceptors (Lipinski definition) is 15. The molecule has 0 spiro atoms. The maximum absolute atomic E-state index is 15.0. The van der Waals surface area contributed by atoms with E-state index in [1.54, 1.807) is 0 Å². The number of alkyl halides is 1. The van der Waals surface area contributed by atoms with E-state index in [0.29, 0.717) is 5.52 Å². The third-order valence-electron chi connectivity index (χ3n) is 6.89. The van der Waals surface area contributed by atoms with Crippen LogP contribution < -0.4 is 17.2 Å². The number of H-pyrrole nitrogens is 1. The highest BCUT2D eigenvalue weighted by molar-refractivity contribution is 8.44. The predicted octanol–water partition coefficient (Wildman–Crippen LogP) is 0.702. The highest BCUT2D eigenvalue weighted by atomic mass is 32.7. The Hall–Kier alpha value is -2.62. The van der Waals surface area contributed by atoms with Gasteiger partial charge in [-0.3, -0.25) is 9.09 Å². The summed E-state index contributed by atoms with van der Waals surface area (Å²) in [5, 5.41) is 0. The molecule has 0 bridgehead atoms. The molecule has 0 aromatic carbocycles. The Morgan fingerprint density at radius 2 is 1.82 bits per heavy atom. The Morgan fingerprint density at radius 3 is 2.57 bits per heavy atom. The SMILES string of the molecule is Nc1ncnc2c1ncn2[C@@H]1O[C@H](COP(O)(=S)O[C@H]2C[C@H](n3c(=O)[nH]c4c(N)ncnc43)O[C@@H]2COP(=O)(O)S)C[C@H]1F. The normalized spacial score (nSPS) is 28.5. The van der Waals surface area contributed by atoms with Gasteiger partial charge in [0.05, 0.1) is 31.7 Å². The number of nitrogens with one attached hydrogen (secondary N) is 1. The first-order valence-corrected chi connectivity index (χ1v) is 18.1. The summed E-state index contributed by atoms with van der Waals surface area (Å²) in [7, 11) is 0. The summed E-state index contributed by atoms with van der Waals surface area (Å²) < 4.78 is 57.1. The number of nitrogen functional groups attached to an aromatic ring is 2. The minimum absolute atomic E-state index is 0.0256. The number of fused-ring (bicyclic) bond motifs is 2. The average Bonchev–Trinajstić information content (AvgIpc) is 3.70. The number of anilines is 2. The molecule has 0 amide bonds. The van der Waals surface area contributed by atoms with Crippen LogP contribution in [0.4, 0.5) is 16.0 Å². The van der Waals surface area contributed by atoms with Crippen molar-refractivity contribution in [3.8, 4) is 0 Å². The van der Waals surface area contributed by atoms with Crippen LogP contribution in [0.15, 0.2) is 23.8 Å². The lowest BCUT2D eigenvalue weighted by Gasteiger charge is -2.24. The van der Waals surface area contributed by atoms with Crippen LogP contribution >= 0.6 is 25.8 Å². The van der Waals surface area contributed by atoms with Crippen molar-refractivity contribution < 1.29 is 41.8 Å². The summed E-state index contributed by atoms with van der Waals surface area (Å²) in [4.78, 5) is 55.7. The second-order valence-electron chi connectivity index (χ2n) is 9.80. The fourth-order valence-electron chi connectivity index (χ4n) is 5.00. The largest absolute Gasteiger partial charge is 0.383 e. The van der Waals surface area contributed by atoms with Crippen LogP contribution in [-0.4, -0.2) is 86.5 Å². The zero-order valence-electron chi connectivity index (χ0n) is 22.2. The van der Waals surface area contributed by atoms with Gasteiger partial charge in [-0.2, -0.15) is 0 Å². The number of imidazole rings is 2. The smallest absolute Gasteiger partial charge is 0.382 e. The lowest BCUT2D eigenvalue weighted by Crippen LogP contribution is -2.28. The molecule has 6 heterocycles. The van der Waals surface area contributed by atoms with Gasteiger partial charge >= 0.3 is 19.2 Å². The number of hydrogen-bond donors (Lipinski definition) is 6. The van der Waals surface area contributed by atoms with E-state index in [-0.39, 0.29) is 47.9 Å². The van der Waals surface area contributed by atoms with Crippen LogP contribution in [0, 0.1) is 0 Å². The third kappa shape index (κ3) is 6.38. The molecule has 2 saturated heterocycles. The minimum atomic E-state index is -4.25. The van der Waals surface area contributed by atoms with Crippen molar-refractivity contribution >= 4 is 71.5 Å². The van der Waals surface area contributed by atoms with Gasteiger partial charge in [0.25, 0.3) is 0 Å². The monoisotopic (exact) mass is 694 g/mol. The van der Waals surface area contributed by atoms with E-state index in [4.69, 9.17) is 46.3 Å². The molecule has 0 radical (unpaired) electrons. The van der Waals surface area contributed by atoms with Crippen LogP contribution in [0.25, 0.3) is 22.3 Å². The highest BCUT2D eigenvalue weighted by Gasteiger charge is 2.43. The lowest BCUT2D eigenvalue weighted by molar-refractivity contribution is -0.0443. The van der Waals surface area contributed by atoms with Crippen LogP contribution in [0.3, 0.4) is 0 Å². The molecule has 238 valence electrons. The molecule has 2 aliphatic heterocycles. The summed E-state index contributed by atoms with van der Waals surface area (Å²) in [5.74, 6) is 0.155. The van der Waals surface area contributed by atoms with E-state index in [9.17, 15) is 19.1 Å². The van der Waals surface area contributed by atoms with Crippen molar-refractivity contribution in [2.24, 2.45) is 0 Å². The number of halogens is 1. The van der Waals surface area contributed by atoms with Crippen LogP contribution in [0.5, 0.6) is 0 Å². The Kier molecular flexibility index (Phi) is 8.52. The van der Waals surface area contributed by atoms with Crippen LogP contribution in [0.1, 0.15) is 25.3 Å². The fraction of sp³-hybridized carbons (Fsp3) is 0.500. The van der Waals surface area contributed by atoms with Crippen molar-refractivity contribution in [1.29, 1.82) is 0 Å². The van der Waals surface area contributed by atoms with Gasteiger partial charge in [-0.25, -0.2) is 43.2 Å². The summed E-state index contributed by atoms with van der Waals surface area (Å²) in [5.41, 5.74) is 11.9. The number of thiol groups is 1. The van der Waals surface area contributed by atoms with Gasteiger partial charge in [-0.1, -0.05) is 12.2 Å². The number of rotatable bonds is 10. The maximum atomic E-state index is 15.0. The second kappa shape index (κ2) is 12.0. The minimum Gasteiger partial charge on any atom is -0.382 e. The van der Waals surface area contributed by atoms with E-state index < -0.39 is 62.8 Å². The molecule has 4 aromatic heterocycles. The molecule has 19 nitrogen and oxygen atoms in total. The highest BCUT2D eigenvalue weighted by Crippen LogP contribution is 2.51. The van der Waals surface area contributed by atoms with E-state index in [1.165, 1.54) is 17.2 Å². The molecule has 2 unspecified atom stereocenters. The zero-order chi connectivity index (χ0) is 31.4. The number of ether oxygens (including phenoxy) is 2. The molecular weight excluding hydrogens is 669 g/mol. The van der Waals surface area contributed by atoms with Gasteiger partial charge in [0.1, 0.15) is 42.2 Å². The summed E-state index contributed by atoms with van der Waals surface area (Å²) in [6.07, 6.45) is -3.17. The molecule has 44 heavy (non-hydrogen) atoms. The summed E-state index contributed by atoms with van der Waals surface area (Å²) >= 11 is 8.70. The molecule has 24 heteroatoms. The van der Waals surface area contributed by atoms with E-state index >= 15 is 4.39 Å². The van der Waals surface area contributed by atoms with E-state index in [1.807, 2.05) is 0 Å². The van der Waals surface area contributed by atoms with Gasteiger partial charge in [0.15, 0.2) is 29.2 Å². The molecule has 2 fully saturated rings. The van der Waals surface area contributed by atoms with Crippen molar-refractivity contribution in [3.05, 3.63) is 29.5 Å². The van der Waals surface area contributed by atoms with Gasteiger partial charge in [0.2, 0.25) is 0 Å². The molecule has 6 rings (SSSR count). The molecule has 0 saturated carbocycles. The molecule has 2 aliphatic rings. The van der Waals surface area contributed by atoms with Crippen molar-refractivity contribution in [2.75, 3.05) is 24.7 Å². The first-order chi connectivity index (χ1) is 20.8.